The average Bonchev–Trinajstić information content (AvgIpc) is 2.43. The highest BCUT2D eigenvalue weighted by atomic mass is 32.2. The van der Waals surface area contributed by atoms with E-state index < -0.39 is 22.0 Å². The number of hydrogen-bond donors (Lipinski definition) is 1. The summed E-state index contributed by atoms with van der Waals surface area (Å²) in [5.41, 5.74) is 0. The molecule has 1 aromatic carbocycles. The van der Waals surface area contributed by atoms with E-state index in [-0.39, 0.29) is 4.90 Å². The first kappa shape index (κ1) is 15.7. The first-order valence-electron chi connectivity index (χ1n) is 6.16. The van der Waals surface area contributed by atoms with Gasteiger partial charge in [0.25, 0.3) is 0 Å². The molecule has 5 nitrogen and oxygen atoms in total. The Morgan fingerprint density at radius 1 is 1.32 bits per heavy atom. The van der Waals surface area contributed by atoms with Crippen LogP contribution in [0.25, 0.3) is 0 Å². The summed E-state index contributed by atoms with van der Waals surface area (Å²) in [6, 6.07) is 7.12. The Balaban J connectivity index is 2.86. The zero-order valence-corrected chi connectivity index (χ0v) is 11.9. The van der Waals surface area contributed by atoms with Crippen LogP contribution in [-0.4, -0.2) is 27.5 Å². The Kier molecular flexibility index (Phi) is 5.98. The van der Waals surface area contributed by atoms with Gasteiger partial charge < -0.3 is 4.74 Å². The number of carbonyl (C=O) groups is 1. The van der Waals surface area contributed by atoms with Crippen LogP contribution in [-0.2, 0) is 19.6 Å². The maximum absolute atomic E-state index is 12.1. The second-order valence-corrected chi connectivity index (χ2v) is 5.87. The topological polar surface area (TPSA) is 72.5 Å². The molecule has 19 heavy (non-hydrogen) atoms. The number of esters is 1. The molecular formula is C13H19NO4S. The standard InChI is InChI=1S/C13H19NO4S/c1-3-4-10-12(13(15)18-2)14-19(16,17)11-8-6-5-7-9-11/h5-9,12,14H,3-4,10H2,1-2H3/t12-/m0/s1. The fraction of sp³-hybridized carbons (Fsp3) is 0.462. The van der Waals surface area contributed by atoms with Crippen molar-refractivity contribution in [1.82, 2.24) is 4.72 Å². The van der Waals surface area contributed by atoms with Gasteiger partial charge in [-0.25, -0.2) is 8.42 Å². The summed E-state index contributed by atoms with van der Waals surface area (Å²) in [5, 5.41) is 0. The Bertz CT molecular complexity index is 499. The SMILES string of the molecule is CCCC[C@H](NS(=O)(=O)c1ccccc1)C(=O)OC. The molecule has 0 aromatic heterocycles. The molecule has 0 saturated heterocycles. The van der Waals surface area contributed by atoms with E-state index in [1.54, 1.807) is 18.2 Å². The lowest BCUT2D eigenvalue weighted by molar-refractivity contribution is -0.142. The van der Waals surface area contributed by atoms with E-state index >= 15 is 0 Å². The Morgan fingerprint density at radius 3 is 2.47 bits per heavy atom. The molecule has 106 valence electrons. The molecule has 0 aliphatic rings. The van der Waals surface area contributed by atoms with E-state index in [0.717, 1.165) is 12.8 Å². The molecule has 0 aliphatic heterocycles. The van der Waals surface area contributed by atoms with Gasteiger partial charge in [0.15, 0.2) is 0 Å². The Hall–Kier alpha value is -1.40. The highest BCUT2D eigenvalue weighted by molar-refractivity contribution is 7.89. The third kappa shape index (κ3) is 4.65. The third-order valence-electron chi connectivity index (χ3n) is 2.68. The van der Waals surface area contributed by atoms with E-state index in [4.69, 9.17) is 0 Å². The minimum absolute atomic E-state index is 0.139. The number of methoxy groups -OCH3 is 1. The van der Waals surface area contributed by atoms with Crippen molar-refractivity contribution >= 4 is 16.0 Å². The summed E-state index contributed by atoms with van der Waals surface area (Å²) in [6.07, 6.45) is 2.05. The van der Waals surface area contributed by atoms with Crippen molar-refractivity contribution in [2.75, 3.05) is 7.11 Å². The average molecular weight is 285 g/mol. The molecule has 1 atom stereocenters. The molecule has 0 heterocycles. The number of rotatable bonds is 7. The second-order valence-electron chi connectivity index (χ2n) is 4.15. The van der Waals surface area contributed by atoms with Gasteiger partial charge in [-0.2, -0.15) is 4.72 Å². The predicted octanol–water partition coefficient (Wildman–Crippen LogP) is 1.70. The molecule has 0 amide bonds. The van der Waals surface area contributed by atoms with Crippen molar-refractivity contribution in [2.24, 2.45) is 0 Å². The van der Waals surface area contributed by atoms with E-state index in [1.165, 1.54) is 19.2 Å². The summed E-state index contributed by atoms with van der Waals surface area (Å²) in [4.78, 5) is 11.7. The van der Waals surface area contributed by atoms with Gasteiger partial charge in [-0.3, -0.25) is 4.79 Å². The first-order valence-corrected chi connectivity index (χ1v) is 7.64. The number of sulfonamides is 1. The van der Waals surface area contributed by atoms with E-state index in [1.807, 2.05) is 6.92 Å². The lowest BCUT2D eigenvalue weighted by atomic mass is 10.1. The molecule has 6 heteroatoms. The van der Waals surface area contributed by atoms with Crippen LogP contribution in [0, 0.1) is 0 Å². The van der Waals surface area contributed by atoms with Crippen LogP contribution in [0.5, 0.6) is 0 Å². The zero-order valence-electron chi connectivity index (χ0n) is 11.1. The molecule has 0 aliphatic carbocycles. The number of ether oxygens (including phenoxy) is 1. The van der Waals surface area contributed by atoms with Crippen LogP contribution in [0.3, 0.4) is 0 Å². The van der Waals surface area contributed by atoms with Crippen molar-refractivity contribution < 1.29 is 17.9 Å². The minimum Gasteiger partial charge on any atom is -0.468 e. The molecule has 0 saturated carbocycles. The molecule has 0 unspecified atom stereocenters. The van der Waals surface area contributed by atoms with Crippen molar-refractivity contribution in [3.8, 4) is 0 Å². The maximum Gasteiger partial charge on any atom is 0.323 e. The lowest BCUT2D eigenvalue weighted by Crippen LogP contribution is -2.41. The number of benzene rings is 1. The fourth-order valence-corrected chi connectivity index (χ4v) is 2.87. The summed E-state index contributed by atoms with van der Waals surface area (Å²) < 4.78 is 31.2. The molecule has 0 fully saturated rings. The Labute approximate surface area is 114 Å². The summed E-state index contributed by atoms with van der Waals surface area (Å²) in [5.74, 6) is -0.562. The van der Waals surface area contributed by atoms with Crippen LogP contribution >= 0.6 is 0 Å². The van der Waals surface area contributed by atoms with E-state index in [9.17, 15) is 13.2 Å². The van der Waals surface area contributed by atoms with Gasteiger partial charge in [0.2, 0.25) is 10.0 Å². The van der Waals surface area contributed by atoms with E-state index in [2.05, 4.69) is 9.46 Å². The van der Waals surface area contributed by atoms with E-state index in [0.29, 0.717) is 6.42 Å². The van der Waals surface area contributed by atoms with Crippen molar-refractivity contribution in [2.45, 2.75) is 37.1 Å². The highest BCUT2D eigenvalue weighted by Crippen LogP contribution is 2.11. The highest BCUT2D eigenvalue weighted by Gasteiger charge is 2.25. The molecule has 1 rings (SSSR count). The van der Waals surface area contributed by atoms with Gasteiger partial charge in [-0.05, 0) is 18.6 Å². The zero-order chi connectivity index (χ0) is 14.3. The van der Waals surface area contributed by atoms with Crippen molar-refractivity contribution in [1.29, 1.82) is 0 Å². The van der Waals surface area contributed by atoms with Gasteiger partial charge in [0, 0.05) is 0 Å². The van der Waals surface area contributed by atoms with Gasteiger partial charge in [0.05, 0.1) is 12.0 Å². The quantitative estimate of drug-likeness (QED) is 0.774. The van der Waals surface area contributed by atoms with Gasteiger partial charge in [0.1, 0.15) is 6.04 Å². The molecule has 0 radical (unpaired) electrons. The lowest BCUT2D eigenvalue weighted by Gasteiger charge is -2.16. The molecule has 0 spiro atoms. The van der Waals surface area contributed by atoms with Crippen LogP contribution in [0.1, 0.15) is 26.2 Å². The van der Waals surface area contributed by atoms with Crippen LogP contribution in [0.2, 0.25) is 0 Å². The number of unbranched alkanes of at least 4 members (excludes halogenated alkanes) is 1. The predicted molar refractivity (Wildman–Crippen MR) is 72.1 cm³/mol. The van der Waals surface area contributed by atoms with Gasteiger partial charge >= 0.3 is 5.97 Å². The summed E-state index contributed by atoms with van der Waals surface area (Å²) >= 11 is 0. The van der Waals surface area contributed by atoms with Gasteiger partial charge in [-0.1, -0.05) is 38.0 Å². The van der Waals surface area contributed by atoms with Gasteiger partial charge in [-0.15, -0.1) is 0 Å². The number of carbonyl (C=O) groups excluding carboxylic acids is 1. The molecule has 1 N–H and O–H groups in total. The normalized spacial score (nSPS) is 12.9. The van der Waals surface area contributed by atoms with Crippen molar-refractivity contribution in [3.05, 3.63) is 30.3 Å². The fourth-order valence-electron chi connectivity index (χ4n) is 1.63. The largest absolute Gasteiger partial charge is 0.468 e. The molecule has 0 bridgehead atoms. The Morgan fingerprint density at radius 2 is 1.95 bits per heavy atom. The minimum atomic E-state index is -3.70. The maximum atomic E-state index is 12.1. The number of hydrogen-bond acceptors (Lipinski definition) is 4. The van der Waals surface area contributed by atoms with Crippen LogP contribution < -0.4 is 4.72 Å². The molecular weight excluding hydrogens is 266 g/mol. The molecule has 1 aromatic rings. The summed E-state index contributed by atoms with van der Waals surface area (Å²) in [7, 11) is -2.45. The third-order valence-corrected chi connectivity index (χ3v) is 4.17. The number of nitrogens with one attached hydrogen (secondary N) is 1. The summed E-state index contributed by atoms with van der Waals surface area (Å²) in [6.45, 7) is 1.97. The van der Waals surface area contributed by atoms with Crippen molar-refractivity contribution in [3.63, 3.8) is 0 Å². The van der Waals surface area contributed by atoms with Crippen LogP contribution in [0.15, 0.2) is 35.2 Å². The first-order chi connectivity index (χ1) is 9.01. The van der Waals surface area contributed by atoms with Crippen LogP contribution in [0.4, 0.5) is 0 Å². The second kappa shape index (κ2) is 7.25. The monoisotopic (exact) mass is 285 g/mol. The smallest absolute Gasteiger partial charge is 0.323 e.